The van der Waals surface area contributed by atoms with Crippen molar-refractivity contribution in [2.45, 2.75) is 56.1 Å². The van der Waals surface area contributed by atoms with Crippen LogP contribution < -0.4 is 4.90 Å². The first-order chi connectivity index (χ1) is 20.3. The van der Waals surface area contributed by atoms with E-state index >= 15 is 0 Å². The Balaban J connectivity index is 1.45. The number of carbonyl (C=O) groups excluding carboxylic acids is 4. The van der Waals surface area contributed by atoms with Gasteiger partial charge in [0.25, 0.3) is 5.91 Å². The van der Waals surface area contributed by atoms with Gasteiger partial charge in [-0.1, -0.05) is 83.7 Å². The molecule has 4 aliphatic rings. The molecule has 1 aliphatic carbocycles. The molecule has 4 fully saturated rings. The summed E-state index contributed by atoms with van der Waals surface area (Å²) in [7, 11) is 0. The van der Waals surface area contributed by atoms with Crippen LogP contribution in [-0.4, -0.2) is 45.1 Å². The van der Waals surface area contributed by atoms with Crippen LogP contribution in [-0.2, 0) is 20.8 Å². The van der Waals surface area contributed by atoms with Crippen LogP contribution in [0.25, 0.3) is 0 Å². The number of halogens is 2. The lowest BCUT2D eigenvalue weighted by molar-refractivity contribution is -0.147. The first-order valence-electron chi connectivity index (χ1n) is 14.4. The van der Waals surface area contributed by atoms with Gasteiger partial charge in [-0.25, -0.2) is 14.1 Å². The molecule has 0 N–H and O–H groups in total. The Labute approximate surface area is 251 Å². The molecular weight excluding hydrogens is 601 g/mol. The Morgan fingerprint density at radius 2 is 1.55 bits per heavy atom. The van der Waals surface area contributed by atoms with Crippen molar-refractivity contribution in [2.24, 2.45) is 11.8 Å². The SMILES string of the molecule is O=C1[C@H]2[C@@H](c3ccc(F)cc3)N3C(=O)N(c4cccc(Br)c4)C(=O)[C@@]3(Cc3ccccc3)[C@H]2C(=O)N1C1CCCCC1. The predicted octanol–water partition coefficient (Wildman–Crippen LogP) is 6.03. The number of rotatable bonds is 5. The first kappa shape index (κ1) is 27.0. The molecular formula is C33H29BrFN3O4. The van der Waals surface area contributed by atoms with Crippen molar-refractivity contribution in [1.82, 2.24) is 9.80 Å². The van der Waals surface area contributed by atoms with Crippen LogP contribution in [0.4, 0.5) is 14.9 Å². The maximum Gasteiger partial charge on any atom is 0.332 e. The van der Waals surface area contributed by atoms with Gasteiger partial charge in [0.05, 0.1) is 23.6 Å². The second-order valence-corrected chi connectivity index (χ2v) is 12.6. The standard InChI is InChI=1S/C33H29BrFN3O4/c34-22-10-7-13-25(18-22)37-31(41)33(19-20-8-3-1-4-9-20)27-26(29(39)36(30(27)40)24-11-5-2-6-12-24)28(38(33)32(37)42)21-14-16-23(35)17-15-21/h1,3-4,7-10,13-18,24,26-28H,2,5-6,11-12,19H2/t26-,27-,28-,33-/m1/s1. The molecule has 42 heavy (non-hydrogen) atoms. The zero-order valence-electron chi connectivity index (χ0n) is 22.8. The third-order valence-electron chi connectivity index (χ3n) is 9.45. The number of amides is 5. The maximum atomic E-state index is 14.9. The number of carbonyl (C=O) groups is 4. The van der Waals surface area contributed by atoms with Crippen LogP contribution in [0.15, 0.2) is 83.3 Å². The second-order valence-electron chi connectivity index (χ2n) is 11.7. The normalized spacial score (nSPS) is 27.7. The Morgan fingerprint density at radius 3 is 2.24 bits per heavy atom. The van der Waals surface area contributed by atoms with Gasteiger partial charge in [0, 0.05) is 16.9 Å². The monoisotopic (exact) mass is 629 g/mol. The predicted molar refractivity (Wildman–Crippen MR) is 157 cm³/mol. The van der Waals surface area contributed by atoms with Crippen LogP contribution in [0.5, 0.6) is 0 Å². The summed E-state index contributed by atoms with van der Waals surface area (Å²) in [5.74, 6) is -3.74. The average molecular weight is 631 g/mol. The highest BCUT2D eigenvalue weighted by molar-refractivity contribution is 9.10. The van der Waals surface area contributed by atoms with E-state index in [2.05, 4.69) is 15.9 Å². The highest BCUT2D eigenvalue weighted by atomic mass is 79.9. The zero-order valence-corrected chi connectivity index (χ0v) is 24.4. The summed E-state index contributed by atoms with van der Waals surface area (Å²) < 4.78 is 14.8. The van der Waals surface area contributed by atoms with E-state index in [4.69, 9.17) is 0 Å². The maximum absolute atomic E-state index is 14.9. The van der Waals surface area contributed by atoms with Gasteiger partial charge in [0.1, 0.15) is 11.4 Å². The second kappa shape index (κ2) is 10.2. The van der Waals surface area contributed by atoms with Crippen molar-refractivity contribution >= 4 is 45.4 Å². The number of nitrogens with zero attached hydrogens (tertiary/aromatic N) is 3. The Kier molecular flexibility index (Phi) is 6.53. The summed E-state index contributed by atoms with van der Waals surface area (Å²) in [6.45, 7) is 0. The highest BCUT2D eigenvalue weighted by Crippen LogP contribution is 2.60. The quantitative estimate of drug-likeness (QED) is 0.255. The molecule has 7 nitrogen and oxygen atoms in total. The van der Waals surface area contributed by atoms with Crippen molar-refractivity contribution in [3.05, 3.63) is 100 Å². The molecule has 0 spiro atoms. The molecule has 3 saturated heterocycles. The molecule has 9 heteroatoms. The Morgan fingerprint density at radius 1 is 0.833 bits per heavy atom. The van der Waals surface area contributed by atoms with E-state index in [9.17, 15) is 23.6 Å². The first-order valence-corrected chi connectivity index (χ1v) is 15.2. The van der Waals surface area contributed by atoms with Crippen LogP contribution in [0.1, 0.15) is 49.3 Å². The topological polar surface area (TPSA) is 78.0 Å². The Bertz CT molecular complexity index is 1590. The highest BCUT2D eigenvalue weighted by Gasteiger charge is 2.77. The molecule has 0 bridgehead atoms. The number of fused-ring (bicyclic) bond motifs is 3. The summed E-state index contributed by atoms with van der Waals surface area (Å²) >= 11 is 3.44. The van der Waals surface area contributed by atoms with Gasteiger partial charge in [0.15, 0.2) is 0 Å². The summed E-state index contributed by atoms with van der Waals surface area (Å²) in [5.41, 5.74) is 0.0250. The molecule has 4 atom stereocenters. The summed E-state index contributed by atoms with van der Waals surface area (Å²) in [6, 6.07) is 20.1. The third-order valence-corrected chi connectivity index (χ3v) is 9.95. The van der Waals surface area contributed by atoms with Crippen LogP contribution >= 0.6 is 15.9 Å². The number of anilines is 1. The molecule has 3 aromatic rings. The third kappa shape index (κ3) is 3.89. The van der Waals surface area contributed by atoms with Gasteiger partial charge in [-0.15, -0.1) is 0 Å². The van der Waals surface area contributed by atoms with Gasteiger partial charge in [-0.2, -0.15) is 0 Å². The molecule has 0 unspecified atom stereocenters. The number of imide groups is 2. The zero-order chi connectivity index (χ0) is 29.2. The molecule has 7 rings (SSSR count). The fourth-order valence-corrected chi connectivity index (χ4v) is 8.13. The van der Waals surface area contributed by atoms with Crippen molar-refractivity contribution in [1.29, 1.82) is 0 Å². The van der Waals surface area contributed by atoms with Crippen LogP contribution in [0, 0.1) is 17.7 Å². The number of hydrogen-bond acceptors (Lipinski definition) is 4. The molecule has 214 valence electrons. The van der Waals surface area contributed by atoms with E-state index in [1.54, 1.807) is 36.4 Å². The van der Waals surface area contributed by atoms with Crippen LogP contribution in [0.2, 0.25) is 0 Å². The van der Waals surface area contributed by atoms with Gasteiger partial charge in [0.2, 0.25) is 11.8 Å². The number of urea groups is 1. The summed E-state index contributed by atoms with van der Waals surface area (Å²) in [4.78, 5) is 62.3. The van der Waals surface area contributed by atoms with Crippen LogP contribution in [0.3, 0.4) is 0 Å². The fourth-order valence-electron chi connectivity index (χ4n) is 7.74. The molecule has 3 aliphatic heterocycles. The molecule has 0 aromatic heterocycles. The molecule has 0 radical (unpaired) electrons. The van der Waals surface area contributed by atoms with Gasteiger partial charge < -0.3 is 4.90 Å². The minimum Gasteiger partial charge on any atom is -0.300 e. The Hall–Kier alpha value is -3.85. The molecule has 3 aromatic carbocycles. The lowest BCUT2D eigenvalue weighted by Crippen LogP contribution is -2.56. The lowest BCUT2D eigenvalue weighted by Gasteiger charge is -2.37. The van der Waals surface area contributed by atoms with Crippen molar-refractivity contribution < 1.29 is 23.6 Å². The van der Waals surface area contributed by atoms with Gasteiger partial charge in [-0.05, 0) is 54.3 Å². The molecule has 1 saturated carbocycles. The van der Waals surface area contributed by atoms with E-state index in [1.165, 1.54) is 21.9 Å². The number of benzene rings is 3. The lowest BCUT2D eigenvalue weighted by atomic mass is 9.75. The van der Waals surface area contributed by atoms with E-state index in [0.717, 1.165) is 42.6 Å². The summed E-state index contributed by atoms with van der Waals surface area (Å²) in [5, 5.41) is 0. The van der Waals surface area contributed by atoms with Crippen molar-refractivity contribution in [3.63, 3.8) is 0 Å². The van der Waals surface area contributed by atoms with E-state index in [0.29, 0.717) is 15.7 Å². The van der Waals surface area contributed by atoms with E-state index < -0.39 is 41.2 Å². The number of hydrogen-bond donors (Lipinski definition) is 0. The van der Waals surface area contributed by atoms with Gasteiger partial charge >= 0.3 is 6.03 Å². The smallest absolute Gasteiger partial charge is 0.300 e. The number of likely N-dealkylation sites (tertiary alicyclic amines) is 1. The molecule has 5 amide bonds. The average Bonchev–Trinajstić information content (AvgIpc) is 3.52. The minimum atomic E-state index is -1.64. The molecule has 3 heterocycles. The fraction of sp³-hybridized carbons (Fsp3) is 0.333. The largest absolute Gasteiger partial charge is 0.332 e. The van der Waals surface area contributed by atoms with E-state index in [-0.39, 0.29) is 24.3 Å². The minimum absolute atomic E-state index is 0.0688. The van der Waals surface area contributed by atoms with Crippen molar-refractivity contribution in [3.8, 4) is 0 Å². The van der Waals surface area contributed by atoms with Gasteiger partial charge in [-0.3, -0.25) is 19.3 Å². The van der Waals surface area contributed by atoms with Crippen molar-refractivity contribution in [2.75, 3.05) is 4.90 Å². The van der Waals surface area contributed by atoms with E-state index in [1.807, 2.05) is 30.3 Å². The summed E-state index contributed by atoms with van der Waals surface area (Å²) in [6.07, 6.45) is 4.42.